The summed E-state index contributed by atoms with van der Waals surface area (Å²) in [7, 11) is 3.62. The van der Waals surface area contributed by atoms with Crippen LogP contribution in [0.1, 0.15) is 17.4 Å². The van der Waals surface area contributed by atoms with E-state index in [9.17, 15) is 0 Å². The summed E-state index contributed by atoms with van der Waals surface area (Å²) in [5.74, 6) is 0. The first-order valence-electron chi connectivity index (χ1n) is 13.5. The molecule has 0 saturated carbocycles. The zero-order valence-corrected chi connectivity index (χ0v) is 22.7. The Morgan fingerprint density at radius 1 is 0.650 bits per heavy atom. The highest BCUT2D eigenvalue weighted by molar-refractivity contribution is 6.26. The zero-order valence-electron chi connectivity index (χ0n) is 22.7. The van der Waals surface area contributed by atoms with Gasteiger partial charge in [0.1, 0.15) is 12.8 Å². The fourth-order valence-corrected chi connectivity index (χ4v) is 5.58. The van der Waals surface area contributed by atoms with E-state index < -0.39 is 0 Å². The highest BCUT2D eigenvalue weighted by Crippen LogP contribution is 2.39. The van der Waals surface area contributed by atoms with Crippen molar-refractivity contribution in [1.82, 2.24) is 5.32 Å². The van der Waals surface area contributed by atoms with E-state index in [0.717, 1.165) is 11.1 Å². The molecule has 1 atom stereocenters. The lowest BCUT2D eigenvalue weighted by atomic mass is 9.90. The van der Waals surface area contributed by atoms with Crippen molar-refractivity contribution in [2.24, 2.45) is 5.73 Å². The summed E-state index contributed by atoms with van der Waals surface area (Å²) in [5.41, 5.74) is 12.3. The Bertz CT molecular complexity index is 1800. The number of hydrogen-bond acceptors (Lipinski definition) is 4. The monoisotopic (exact) mass is 524 g/mol. The first-order chi connectivity index (χ1) is 19.7. The number of ether oxygens (including phenoxy) is 2. The number of hydrogen-bond donors (Lipinski definition) is 2. The van der Waals surface area contributed by atoms with Gasteiger partial charge in [-0.3, -0.25) is 5.32 Å². The van der Waals surface area contributed by atoms with Crippen molar-refractivity contribution in [3.05, 3.63) is 133 Å². The Kier molecular flexibility index (Phi) is 7.19. The molecular formula is C36H32N2O2. The molecule has 0 amide bonds. The number of nitrogens with one attached hydrogen (secondary N) is 1. The molecule has 4 heteroatoms. The lowest BCUT2D eigenvalue weighted by Crippen LogP contribution is -2.17. The van der Waals surface area contributed by atoms with Crippen LogP contribution in [0.15, 0.2) is 122 Å². The SMILES string of the molecule is CNC(OC)c1ccc(-c2ccc3c4ccc(-c5ccc(CO/C=C\N)cc5)cc4c4ccccc4c3c2)cc1. The average Bonchev–Trinajstić information content (AvgIpc) is 3.02. The molecule has 198 valence electrons. The first kappa shape index (κ1) is 25.6. The number of rotatable bonds is 8. The zero-order chi connectivity index (χ0) is 27.5. The molecule has 6 aromatic carbocycles. The molecule has 0 bridgehead atoms. The van der Waals surface area contributed by atoms with Crippen LogP contribution in [0.3, 0.4) is 0 Å². The van der Waals surface area contributed by atoms with Crippen molar-refractivity contribution in [2.45, 2.75) is 12.8 Å². The lowest BCUT2D eigenvalue weighted by Gasteiger charge is -2.16. The third-order valence-corrected chi connectivity index (χ3v) is 7.59. The topological polar surface area (TPSA) is 56.5 Å². The molecule has 0 saturated heterocycles. The molecule has 0 heterocycles. The maximum absolute atomic E-state index is 5.52. The van der Waals surface area contributed by atoms with Crippen LogP contribution in [0, 0.1) is 0 Å². The summed E-state index contributed by atoms with van der Waals surface area (Å²) in [6.07, 6.45) is 2.79. The Balaban J connectivity index is 1.43. The third-order valence-electron chi connectivity index (χ3n) is 7.59. The van der Waals surface area contributed by atoms with Crippen molar-refractivity contribution in [1.29, 1.82) is 0 Å². The Morgan fingerprint density at radius 3 is 1.65 bits per heavy atom. The van der Waals surface area contributed by atoms with Crippen molar-refractivity contribution in [3.8, 4) is 22.3 Å². The Morgan fingerprint density at radius 2 is 1.15 bits per heavy atom. The van der Waals surface area contributed by atoms with Gasteiger partial charge in [0.15, 0.2) is 0 Å². The molecule has 0 aliphatic carbocycles. The van der Waals surface area contributed by atoms with Gasteiger partial charge < -0.3 is 15.2 Å². The molecule has 4 nitrogen and oxygen atoms in total. The van der Waals surface area contributed by atoms with E-state index in [1.807, 2.05) is 7.05 Å². The van der Waals surface area contributed by atoms with Crippen LogP contribution in [0.4, 0.5) is 0 Å². The fourth-order valence-electron chi connectivity index (χ4n) is 5.58. The minimum atomic E-state index is -0.114. The smallest absolute Gasteiger partial charge is 0.133 e. The molecule has 0 aliphatic rings. The first-order valence-corrected chi connectivity index (χ1v) is 13.5. The van der Waals surface area contributed by atoms with Crippen LogP contribution in [0.5, 0.6) is 0 Å². The average molecular weight is 525 g/mol. The predicted molar refractivity (Wildman–Crippen MR) is 167 cm³/mol. The lowest BCUT2D eigenvalue weighted by molar-refractivity contribution is 0.0809. The molecule has 40 heavy (non-hydrogen) atoms. The van der Waals surface area contributed by atoms with Gasteiger partial charge in [0.2, 0.25) is 0 Å². The predicted octanol–water partition coefficient (Wildman–Crippen LogP) is 8.29. The maximum Gasteiger partial charge on any atom is 0.133 e. The minimum Gasteiger partial charge on any atom is -0.495 e. The quantitative estimate of drug-likeness (QED) is 0.119. The van der Waals surface area contributed by atoms with Gasteiger partial charge in [-0.25, -0.2) is 0 Å². The summed E-state index contributed by atoms with van der Waals surface area (Å²) in [5, 5.41) is 10.7. The highest BCUT2D eigenvalue weighted by atomic mass is 16.5. The molecule has 1 unspecified atom stereocenters. The van der Waals surface area contributed by atoms with Crippen LogP contribution in [0.25, 0.3) is 54.6 Å². The van der Waals surface area contributed by atoms with Crippen LogP contribution >= 0.6 is 0 Å². The summed E-state index contributed by atoms with van der Waals surface area (Å²) in [6.45, 7) is 0.498. The van der Waals surface area contributed by atoms with E-state index in [0.29, 0.717) is 6.61 Å². The molecule has 0 fully saturated rings. The van der Waals surface area contributed by atoms with Crippen LogP contribution < -0.4 is 11.1 Å². The highest BCUT2D eigenvalue weighted by Gasteiger charge is 2.12. The number of nitrogens with two attached hydrogens (primary N) is 1. The van der Waals surface area contributed by atoms with Gasteiger partial charge in [0, 0.05) is 13.3 Å². The van der Waals surface area contributed by atoms with Gasteiger partial charge in [0.25, 0.3) is 0 Å². The standard InChI is InChI=1S/C36H32N2O2/c1-38-36(39-2)27-13-11-26(12-14-27)29-16-18-33-32-17-15-28(25-9-7-24(8-10-25)23-40-20-19-37)21-34(32)30-5-3-4-6-31(30)35(33)22-29/h3-22,36,38H,23,37H2,1-2H3/b20-19-. The van der Waals surface area contributed by atoms with E-state index in [2.05, 4.69) is 115 Å². The largest absolute Gasteiger partial charge is 0.495 e. The molecule has 6 rings (SSSR count). The molecule has 0 aromatic heterocycles. The van der Waals surface area contributed by atoms with Gasteiger partial charge in [-0.1, -0.05) is 97.1 Å². The molecular weight excluding hydrogens is 492 g/mol. The second kappa shape index (κ2) is 11.2. The van der Waals surface area contributed by atoms with E-state index in [1.165, 1.54) is 67.0 Å². The van der Waals surface area contributed by atoms with Gasteiger partial charge in [0.05, 0.1) is 6.26 Å². The van der Waals surface area contributed by atoms with E-state index in [1.54, 1.807) is 7.11 Å². The van der Waals surface area contributed by atoms with Crippen molar-refractivity contribution in [3.63, 3.8) is 0 Å². The molecule has 6 aromatic rings. The second-order valence-corrected chi connectivity index (χ2v) is 9.93. The van der Waals surface area contributed by atoms with E-state index in [4.69, 9.17) is 15.2 Å². The molecule has 0 spiro atoms. The van der Waals surface area contributed by atoms with Crippen molar-refractivity contribution >= 4 is 32.3 Å². The summed E-state index contributed by atoms with van der Waals surface area (Å²) in [6, 6.07) is 39.4. The van der Waals surface area contributed by atoms with E-state index >= 15 is 0 Å². The number of fused-ring (bicyclic) bond motifs is 6. The van der Waals surface area contributed by atoms with Gasteiger partial charge in [-0.05, 0) is 84.9 Å². The second-order valence-electron chi connectivity index (χ2n) is 9.93. The van der Waals surface area contributed by atoms with Gasteiger partial charge >= 0.3 is 0 Å². The van der Waals surface area contributed by atoms with Crippen LogP contribution in [-0.2, 0) is 16.1 Å². The molecule has 0 aliphatic heterocycles. The molecule has 0 radical (unpaired) electrons. The summed E-state index contributed by atoms with van der Waals surface area (Å²) in [4.78, 5) is 0. The Hall–Kier alpha value is -4.64. The Labute approximate surface area is 234 Å². The van der Waals surface area contributed by atoms with Gasteiger partial charge in [-0.2, -0.15) is 0 Å². The third kappa shape index (κ3) is 4.79. The van der Waals surface area contributed by atoms with Crippen LogP contribution in [-0.4, -0.2) is 14.2 Å². The number of benzene rings is 6. The molecule has 3 N–H and O–H groups in total. The summed E-state index contributed by atoms with van der Waals surface area (Å²) >= 11 is 0. The number of methoxy groups -OCH3 is 1. The maximum atomic E-state index is 5.52. The van der Waals surface area contributed by atoms with Crippen molar-refractivity contribution in [2.75, 3.05) is 14.2 Å². The van der Waals surface area contributed by atoms with Crippen molar-refractivity contribution < 1.29 is 9.47 Å². The van der Waals surface area contributed by atoms with E-state index in [-0.39, 0.29) is 6.23 Å². The summed E-state index contributed by atoms with van der Waals surface area (Å²) < 4.78 is 10.9. The van der Waals surface area contributed by atoms with Gasteiger partial charge in [-0.15, -0.1) is 0 Å². The fraction of sp³-hybridized carbons (Fsp3) is 0.111. The van der Waals surface area contributed by atoms with Crippen LogP contribution in [0.2, 0.25) is 0 Å². The minimum absolute atomic E-state index is 0.114. The normalized spacial score (nSPS) is 12.4.